The molecule has 1 fully saturated rings. The summed E-state index contributed by atoms with van der Waals surface area (Å²) in [6, 6.07) is 24.9. The normalized spacial score (nSPS) is 16.3. The molecule has 3 aromatic carbocycles. The summed E-state index contributed by atoms with van der Waals surface area (Å²) in [5.74, 6) is 1.99. The summed E-state index contributed by atoms with van der Waals surface area (Å²) in [7, 11) is 1.64. The quantitative estimate of drug-likeness (QED) is 0.246. The van der Waals surface area contributed by atoms with Crippen molar-refractivity contribution in [3.8, 4) is 11.6 Å². The first kappa shape index (κ1) is 29.7. The van der Waals surface area contributed by atoms with Gasteiger partial charge >= 0.3 is 6.09 Å². The van der Waals surface area contributed by atoms with Gasteiger partial charge in [0.15, 0.2) is 5.82 Å². The van der Waals surface area contributed by atoms with Gasteiger partial charge in [0, 0.05) is 61.8 Å². The number of ether oxygens (including phenoxy) is 2. The molecule has 1 atom stereocenters. The van der Waals surface area contributed by atoms with E-state index >= 15 is 0 Å². The van der Waals surface area contributed by atoms with E-state index in [2.05, 4.69) is 28.4 Å². The lowest BCUT2D eigenvalue weighted by Gasteiger charge is -2.20. The Morgan fingerprint density at radius 2 is 1.84 bits per heavy atom. The number of hydrogen-bond acceptors (Lipinski definition) is 6. The van der Waals surface area contributed by atoms with Crippen molar-refractivity contribution in [1.82, 2.24) is 19.8 Å². The number of likely N-dealkylation sites (tertiary alicyclic amines) is 1. The van der Waals surface area contributed by atoms with Crippen molar-refractivity contribution < 1.29 is 19.1 Å². The highest BCUT2D eigenvalue weighted by molar-refractivity contribution is 6.31. The molecule has 44 heavy (non-hydrogen) atoms. The van der Waals surface area contributed by atoms with Crippen LogP contribution in [0.2, 0.25) is 5.02 Å². The van der Waals surface area contributed by atoms with Crippen LogP contribution in [-0.4, -0.2) is 52.6 Å². The number of amides is 2. The molecule has 4 aromatic rings. The summed E-state index contributed by atoms with van der Waals surface area (Å²) in [5.41, 5.74) is 2.66. The minimum atomic E-state index is -0.554. The molecule has 2 aliphatic rings. The lowest BCUT2D eigenvalue weighted by atomic mass is 10.2. The summed E-state index contributed by atoms with van der Waals surface area (Å²) in [5, 5.41) is 3.51. The number of rotatable bonds is 9. The first-order chi connectivity index (χ1) is 21.4. The van der Waals surface area contributed by atoms with Crippen molar-refractivity contribution in [2.45, 2.75) is 51.4 Å². The summed E-state index contributed by atoms with van der Waals surface area (Å²) in [6.07, 6.45) is 2.94. The summed E-state index contributed by atoms with van der Waals surface area (Å²) >= 11 is 6.13. The maximum Gasteiger partial charge on any atom is 0.414 e. The van der Waals surface area contributed by atoms with Crippen LogP contribution >= 0.6 is 11.6 Å². The fourth-order valence-corrected chi connectivity index (χ4v) is 5.99. The number of anilines is 1. The number of imidazole rings is 1. The number of nitrogens with one attached hydrogen (secondary N) is 1. The van der Waals surface area contributed by atoms with Crippen LogP contribution in [0, 0.1) is 0 Å². The number of fused-ring (bicyclic) bond motifs is 1. The first-order valence-electron chi connectivity index (χ1n) is 15.0. The van der Waals surface area contributed by atoms with E-state index in [-0.39, 0.29) is 17.8 Å². The minimum absolute atomic E-state index is 0.0714. The number of benzene rings is 3. The van der Waals surface area contributed by atoms with E-state index in [1.165, 1.54) is 4.90 Å². The molecular formula is C34H36ClN5O4. The number of aromatic nitrogens is 2. The van der Waals surface area contributed by atoms with Gasteiger partial charge in [-0.25, -0.2) is 9.78 Å². The van der Waals surface area contributed by atoms with E-state index in [0.717, 1.165) is 61.5 Å². The zero-order valence-corrected chi connectivity index (χ0v) is 25.5. The Bertz CT molecular complexity index is 1630. The lowest BCUT2D eigenvalue weighted by Crippen LogP contribution is -2.39. The van der Waals surface area contributed by atoms with E-state index < -0.39 is 6.09 Å². The van der Waals surface area contributed by atoms with Crippen molar-refractivity contribution in [1.29, 1.82) is 0 Å². The van der Waals surface area contributed by atoms with Gasteiger partial charge in [0.2, 0.25) is 5.88 Å². The first-order valence-corrected chi connectivity index (χ1v) is 15.4. The Labute approximate surface area is 262 Å². The molecule has 3 heterocycles. The van der Waals surface area contributed by atoms with Gasteiger partial charge < -0.3 is 14.8 Å². The number of nitrogens with zero attached hydrogens (tertiary/aromatic N) is 4. The van der Waals surface area contributed by atoms with Crippen LogP contribution in [0.25, 0.3) is 0 Å². The second-order valence-electron chi connectivity index (χ2n) is 11.3. The molecule has 10 heteroatoms. The highest BCUT2D eigenvalue weighted by atomic mass is 35.5. The van der Waals surface area contributed by atoms with E-state index in [4.69, 9.17) is 26.1 Å². The fraction of sp³-hybridized carbons (Fsp3) is 0.324. The standard InChI is InChI=1S/C34H36ClN5O4/c1-38(32(41)25-13-9-14-27(35)20-25)31-33(40-18-8-7-16-30(40)37-31)44-34(42)36-28-17-19-39(22-28)21-26-12-5-6-15-29(26)43-23-24-10-3-2-4-11-24/h2-6,9-15,20,28H,7-8,16-19,21-23H2,1H3,(H,36,42). The van der Waals surface area contributed by atoms with Crippen LogP contribution in [0.15, 0.2) is 78.9 Å². The molecule has 1 N–H and O–H groups in total. The molecule has 0 bridgehead atoms. The Hall–Kier alpha value is -4.34. The third-order valence-corrected chi connectivity index (χ3v) is 8.33. The number of hydrogen-bond donors (Lipinski definition) is 1. The minimum Gasteiger partial charge on any atom is -0.489 e. The molecule has 2 aliphatic heterocycles. The van der Waals surface area contributed by atoms with E-state index in [9.17, 15) is 9.59 Å². The molecule has 9 nitrogen and oxygen atoms in total. The third kappa shape index (κ3) is 6.90. The Balaban J connectivity index is 1.09. The monoisotopic (exact) mass is 613 g/mol. The Morgan fingerprint density at radius 1 is 1.02 bits per heavy atom. The average Bonchev–Trinajstić information content (AvgIpc) is 3.64. The molecule has 1 unspecified atom stereocenters. The summed E-state index contributed by atoms with van der Waals surface area (Å²) in [4.78, 5) is 35.0. The fourth-order valence-electron chi connectivity index (χ4n) is 5.80. The number of aryl methyl sites for hydroxylation is 1. The number of carbonyl (C=O) groups excluding carboxylic acids is 2. The van der Waals surface area contributed by atoms with Crippen LogP contribution in [-0.2, 0) is 26.1 Å². The molecule has 228 valence electrons. The highest BCUT2D eigenvalue weighted by Gasteiger charge is 2.30. The predicted octanol–water partition coefficient (Wildman–Crippen LogP) is 6.09. The molecule has 2 amide bonds. The molecule has 0 radical (unpaired) electrons. The van der Waals surface area contributed by atoms with Gasteiger partial charge in [0.1, 0.15) is 18.2 Å². The van der Waals surface area contributed by atoms with Gasteiger partial charge in [-0.2, -0.15) is 0 Å². The van der Waals surface area contributed by atoms with Gasteiger partial charge in [-0.05, 0) is 49.1 Å². The van der Waals surface area contributed by atoms with E-state index in [0.29, 0.717) is 36.1 Å². The molecule has 0 spiro atoms. The smallest absolute Gasteiger partial charge is 0.414 e. The van der Waals surface area contributed by atoms with Gasteiger partial charge in [-0.1, -0.05) is 66.2 Å². The SMILES string of the molecule is CN(C(=O)c1cccc(Cl)c1)c1nc2n(c1OC(=O)NC1CCN(Cc3ccccc3OCc3ccccc3)C1)CCCC2. The third-order valence-electron chi connectivity index (χ3n) is 8.10. The summed E-state index contributed by atoms with van der Waals surface area (Å²) < 4.78 is 14.0. The van der Waals surface area contributed by atoms with Gasteiger partial charge in [-0.3, -0.25) is 19.2 Å². The molecule has 1 saturated heterocycles. The Morgan fingerprint density at radius 3 is 2.68 bits per heavy atom. The van der Waals surface area contributed by atoms with Crippen LogP contribution in [0.5, 0.6) is 11.6 Å². The number of para-hydroxylation sites is 1. The summed E-state index contributed by atoms with van der Waals surface area (Å²) in [6.45, 7) is 3.42. The van der Waals surface area contributed by atoms with Crippen LogP contribution in [0.1, 0.15) is 46.6 Å². The maximum absolute atomic E-state index is 13.3. The predicted molar refractivity (Wildman–Crippen MR) is 169 cm³/mol. The largest absolute Gasteiger partial charge is 0.489 e. The van der Waals surface area contributed by atoms with Gasteiger partial charge in [0.05, 0.1) is 0 Å². The number of carbonyl (C=O) groups is 2. The van der Waals surface area contributed by atoms with E-state index in [1.54, 1.807) is 31.3 Å². The van der Waals surface area contributed by atoms with Crippen LogP contribution in [0.4, 0.5) is 10.6 Å². The van der Waals surface area contributed by atoms with Crippen molar-refractivity contribution in [2.75, 3.05) is 25.0 Å². The van der Waals surface area contributed by atoms with Crippen LogP contribution in [0.3, 0.4) is 0 Å². The van der Waals surface area contributed by atoms with Crippen molar-refractivity contribution >= 4 is 29.4 Å². The number of halogens is 1. The molecule has 1 aromatic heterocycles. The Kier molecular flexibility index (Phi) is 9.14. The van der Waals surface area contributed by atoms with Crippen molar-refractivity contribution in [3.05, 3.63) is 106 Å². The van der Waals surface area contributed by atoms with Crippen molar-refractivity contribution in [2.24, 2.45) is 0 Å². The topological polar surface area (TPSA) is 88.9 Å². The second kappa shape index (κ2) is 13.5. The zero-order valence-electron chi connectivity index (χ0n) is 24.7. The molecule has 6 rings (SSSR count). The molecule has 0 aliphatic carbocycles. The van der Waals surface area contributed by atoms with E-state index in [1.807, 2.05) is 41.0 Å². The highest BCUT2D eigenvalue weighted by Crippen LogP contribution is 2.33. The second-order valence-corrected chi connectivity index (χ2v) is 11.7. The zero-order chi connectivity index (χ0) is 30.5. The van der Waals surface area contributed by atoms with Gasteiger partial charge in [-0.15, -0.1) is 0 Å². The molecule has 0 saturated carbocycles. The van der Waals surface area contributed by atoms with Crippen molar-refractivity contribution in [3.63, 3.8) is 0 Å². The molecular weight excluding hydrogens is 578 g/mol. The lowest BCUT2D eigenvalue weighted by molar-refractivity contribution is 0.0991. The van der Waals surface area contributed by atoms with Crippen LogP contribution < -0.4 is 19.7 Å². The maximum atomic E-state index is 13.3. The average molecular weight is 614 g/mol. The van der Waals surface area contributed by atoms with Gasteiger partial charge in [0.25, 0.3) is 5.91 Å².